The van der Waals surface area contributed by atoms with Crippen LogP contribution < -0.4 is 16.5 Å². The minimum Gasteiger partial charge on any atom is -0.368 e. The van der Waals surface area contributed by atoms with E-state index in [2.05, 4.69) is 10.3 Å². The van der Waals surface area contributed by atoms with Crippen LogP contribution >= 0.6 is 24.8 Å². The summed E-state index contributed by atoms with van der Waals surface area (Å²) in [5.41, 5.74) is 11.2. The molecule has 1 aromatic rings. The molecule has 0 aliphatic rings. The summed E-state index contributed by atoms with van der Waals surface area (Å²) in [4.78, 5) is 11.2. The number of nitrogens with zero attached hydrogens (tertiary/aromatic N) is 3. The molecule has 1 rings (SSSR count). The fourth-order valence-corrected chi connectivity index (χ4v) is 1.19. The van der Waals surface area contributed by atoms with Crippen molar-refractivity contribution in [2.75, 3.05) is 5.01 Å². The number of anilines is 1. The van der Waals surface area contributed by atoms with Crippen LogP contribution in [0.25, 0.3) is 0 Å². The highest BCUT2D eigenvalue weighted by Gasteiger charge is 2.10. The number of hydrogen-bond donors (Lipinski definition) is 4. The Labute approximate surface area is 128 Å². The molecule has 0 spiro atoms. The first-order valence-corrected chi connectivity index (χ1v) is 4.92. The molecule has 0 aromatic heterocycles. The van der Waals surface area contributed by atoms with Gasteiger partial charge in [-0.25, -0.2) is 0 Å². The number of rotatable bonds is 3. The second-order valence-corrected chi connectivity index (χ2v) is 3.38. The van der Waals surface area contributed by atoms with Gasteiger partial charge >= 0.3 is 0 Å². The van der Waals surface area contributed by atoms with Crippen LogP contribution in [0, 0.1) is 10.8 Å². The predicted octanol–water partition coefficient (Wildman–Crippen LogP) is 1.69. The van der Waals surface area contributed by atoms with Crippen molar-refractivity contribution in [1.29, 1.82) is 10.8 Å². The van der Waals surface area contributed by atoms with E-state index in [0.717, 1.165) is 5.01 Å². The second kappa shape index (κ2) is 8.83. The molecular weight excluding hydrogens is 305 g/mol. The average Bonchev–Trinajstić information content (AvgIpc) is 2.28. The highest BCUT2D eigenvalue weighted by Crippen LogP contribution is 2.16. The van der Waals surface area contributed by atoms with Crippen LogP contribution in [0.2, 0.25) is 0 Å². The molecule has 0 saturated carbocycles. The van der Waals surface area contributed by atoms with Gasteiger partial charge in [0.25, 0.3) is 0 Å². The Morgan fingerprint density at radius 3 is 2.30 bits per heavy atom. The van der Waals surface area contributed by atoms with Crippen LogP contribution in [-0.2, 0) is 0 Å². The Bertz CT molecular complexity index is 532. The van der Waals surface area contributed by atoms with E-state index in [-0.39, 0.29) is 30.6 Å². The second-order valence-electron chi connectivity index (χ2n) is 3.38. The molecule has 6 N–H and O–H groups in total. The Morgan fingerprint density at radius 2 is 1.85 bits per heavy atom. The minimum atomic E-state index is -0.510. The first-order chi connectivity index (χ1) is 8.41. The molecule has 1 aromatic carbocycles. The third-order valence-corrected chi connectivity index (χ3v) is 1.97. The maximum atomic E-state index is 11.2. The molecule has 0 unspecified atom stereocenters. The highest BCUT2D eigenvalue weighted by molar-refractivity contribution is 5.97. The lowest BCUT2D eigenvalue weighted by Crippen LogP contribution is -2.32. The van der Waals surface area contributed by atoms with Crippen LogP contribution in [-0.4, -0.2) is 17.7 Å². The van der Waals surface area contributed by atoms with Crippen LogP contribution in [0.15, 0.2) is 34.6 Å². The monoisotopic (exact) mass is 319 g/mol. The van der Waals surface area contributed by atoms with Crippen molar-refractivity contribution >= 4 is 48.2 Å². The number of hydrogen-bond acceptors (Lipinski definition) is 4. The lowest BCUT2D eigenvalue weighted by Gasteiger charge is -2.15. The van der Waals surface area contributed by atoms with Gasteiger partial charge in [-0.1, -0.05) is 22.5 Å². The van der Waals surface area contributed by atoms with Crippen molar-refractivity contribution in [2.45, 2.75) is 6.92 Å². The summed E-state index contributed by atoms with van der Waals surface area (Å²) in [6, 6.07) is 6.38. The van der Waals surface area contributed by atoms with Gasteiger partial charge < -0.3 is 11.5 Å². The van der Waals surface area contributed by atoms with Crippen LogP contribution in [0.3, 0.4) is 0 Å². The normalized spacial score (nSPS) is 9.25. The van der Waals surface area contributed by atoms with Gasteiger partial charge in [0.05, 0.1) is 5.69 Å². The molecule has 0 aliphatic carbocycles. The third kappa shape index (κ3) is 5.63. The molecule has 0 radical (unpaired) electrons. The number of guanidine groups is 2. The summed E-state index contributed by atoms with van der Waals surface area (Å²) < 4.78 is 0. The van der Waals surface area contributed by atoms with E-state index in [1.165, 1.54) is 13.0 Å². The third-order valence-electron chi connectivity index (χ3n) is 1.97. The molecule has 8 nitrogen and oxygen atoms in total. The molecule has 0 amide bonds. The van der Waals surface area contributed by atoms with Crippen LogP contribution in [0.1, 0.15) is 17.3 Å². The summed E-state index contributed by atoms with van der Waals surface area (Å²) in [5, 5.41) is 22.1. The number of nitrogens with two attached hydrogens (primary N) is 2. The average molecular weight is 320 g/mol. The zero-order chi connectivity index (χ0) is 13.7. The molecular formula is C10H15Cl2N7O. The van der Waals surface area contributed by atoms with E-state index >= 15 is 0 Å². The Morgan fingerprint density at radius 1 is 1.25 bits per heavy atom. The van der Waals surface area contributed by atoms with E-state index in [9.17, 15) is 4.79 Å². The number of halogens is 2. The van der Waals surface area contributed by atoms with Crippen molar-refractivity contribution in [3.8, 4) is 0 Å². The number of carbonyl (C=O) groups is 1. The molecule has 0 saturated heterocycles. The van der Waals surface area contributed by atoms with E-state index in [1.807, 2.05) is 0 Å². The fraction of sp³-hybridized carbons (Fsp3) is 0.100. The Balaban J connectivity index is 0. The molecule has 20 heavy (non-hydrogen) atoms. The quantitative estimate of drug-likeness (QED) is 0.221. The summed E-state index contributed by atoms with van der Waals surface area (Å²) >= 11 is 0. The van der Waals surface area contributed by atoms with Gasteiger partial charge in [0.2, 0.25) is 11.9 Å². The molecule has 0 aliphatic heterocycles. The maximum absolute atomic E-state index is 11.2. The summed E-state index contributed by atoms with van der Waals surface area (Å²) in [6.07, 6.45) is 0. The van der Waals surface area contributed by atoms with E-state index < -0.39 is 11.9 Å². The Hall–Kier alpha value is -2.19. The zero-order valence-corrected chi connectivity index (χ0v) is 12.2. The molecule has 0 fully saturated rings. The standard InChI is InChI=1S/C10H13N7O.2ClH/c1-6(18)7-3-2-4-8(5-7)17(10(13)14)16-15-9(11)12;;/h2-5H,1H3,(H3,11,12)(H3,13,14);2*1H. The zero-order valence-electron chi connectivity index (χ0n) is 10.5. The summed E-state index contributed by atoms with van der Waals surface area (Å²) in [6.45, 7) is 1.42. The van der Waals surface area contributed by atoms with E-state index in [0.29, 0.717) is 11.3 Å². The number of benzene rings is 1. The molecule has 0 bridgehead atoms. The molecule has 0 atom stereocenters. The van der Waals surface area contributed by atoms with Gasteiger partial charge in [-0.15, -0.1) is 24.8 Å². The molecule has 110 valence electrons. The SMILES string of the molecule is CC(=O)c1cccc(N(N=NC(=N)N)C(=N)N)c1.Cl.Cl. The van der Waals surface area contributed by atoms with Gasteiger partial charge in [-0.2, -0.15) is 5.01 Å². The van der Waals surface area contributed by atoms with Crippen molar-refractivity contribution in [1.82, 2.24) is 0 Å². The minimum absolute atomic E-state index is 0. The lowest BCUT2D eigenvalue weighted by molar-refractivity contribution is 0.101. The van der Waals surface area contributed by atoms with Crippen molar-refractivity contribution < 1.29 is 4.79 Å². The van der Waals surface area contributed by atoms with Crippen molar-refractivity contribution in [3.63, 3.8) is 0 Å². The molecule has 0 heterocycles. The summed E-state index contributed by atoms with van der Waals surface area (Å²) in [5.74, 6) is -1.03. The number of nitrogens with one attached hydrogen (secondary N) is 2. The first kappa shape index (κ1) is 20.1. The van der Waals surface area contributed by atoms with Gasteiger partial charge in [-0.05, 0) is 19.1 Å². The van der Waals surface area contributed by atoms with E-state index in [1.54, 1.807) is 18.2 Å². The number of ketones is 1. The van der Waals surface area contributed by atoms with Crippen molar-refractivity contribution in [2.24, 2.45) is 21.8 Å². The van der Waals surface area contributed by atoms with Gasteiger partial charge in [0.15, 0.2) is 5.78 Å². The van der Waals surface area contributed by atoms with Gasteiger partial charge in [0.1, 0.15) is 0 Å². The van der Waals surface area contributed by atoms with E-state index in [4.69, 9.17) is 22.3 Å². The smallest absolute Gasteiger partial charge is 0.234 e. The topological polar surface area (TPSA) is 145 Å². The predicted molar refractivity (Wildman–Crippen MR) is 82.1 cm³/mol. The fourth-order valence-electron chi connectivity index (χ4n) is 1.19. The highest BCUT2D eigenvalue weighted by atomic mass is 35.5. The number of carbonyl (C=O) groups excluding carboxylic acids is 1. The van der Waals surface area contributed by atoms with Crippen molar-refractivity contribution in [3.05, 3.63) is 29.8 Å². The largest absolute Gasteiger partial charge is 0.368 e. The lowest BCUT2D eigenvalue weighted by atomic mass is 10.1. The van der Waals surface area contributed by atoms with Gasteiger partial charge in [0, 0.05) is 5.56 Å². The molecule has 10 heteroatoms. The van der Waals surface area contributed by atoms with Gasteiger partial charge in [-0.3, -0.25) is 15.6 Å². The summed E-state index contributed by atoms with van der Waals surface area (Å²) in [7, 11) is 0. The van der Waals surface area contributed by atoms with Crippen LogP contribution in [0.5, 0.6) is 0 Å². The first-order valence-electron chi connectivity index (χ1n) is 4.92. The number of Topliss-reactive ketones (excluding diaryl/α,β-unsaturated/α-hetero) is 1. The maximum Gasteiger partial charge on any atom is 0.234 e. The Kier molecular flexibility index (Phi) is 8.89. The van der Waals surface area contributed by atoms with Crippen LogP contribution in [0.4, 0.5) is 5.69 Å².